The molecule has 7 heteroatoms. The van der Waals surface area contributed by atoms with Crippen molar-refractivity contribution < 1.29 is 17.9 Å². The van der Waals surface area contributed by atoms with Crippen LogP contribution in [-0.4, -0.2) is 24.8 Å². The first-order valence-corrected chi connectivity index (χ1v) is 9.40. The van der Waals surface area contributed by atoms with Crippen LogP contribution in [-0.2, 0) is 21.4 Å². The molecular weight excluding hydrogens is 316 g/mol. The Labute approximate surface area is 136 Å². The first-order valence-electron chi connectivity index (χ1n) is 7.86. The normalized spacial score (nSPS) is 30.0. The molecule has 126 valence electrons. The van der Waals surface area contributed by atoms with Gasteiger partial charge >= 0.3 is 6.09 Å². The van der Waals surface area contributed by atoms with E-state index in [1.54, 1.807) is 0 Å². The van der Waals surface area contributed by atoms with E-state index >= 15 is 0 Å². The summed E-state index contributed by atoms with van der Waals surface area (Å²) in [5, 5.41) is 8.36. The number of fused-ring (bicyclic) bond motifs is 3. The molecule has 2 bridgehead atoms. The number of amides is 1. The largest absolute Gasteiger partial charge is 0.445 e. The number of ether oxygens (including phenoxy) is 1. The lowest BCUT2D eigenvalue weighted by atomic mass is 9.65. The highest BCUT2D eigenvalue weighted by atomic mass is 32.2. The molecule has 3 aliphatic carbocycles. The maximum Gasteiger partial charge on any atom is 0.407 e. The van der Waals surface area contributed by atoms with Crippen LogP contribution in [0.1, 0.15) is 44.1 Å². The van der Waals surface area contributed by atoms with E-state index in [4.69, 9.17) is 9.88 Å². The molecule has 0 saturated heterocycles. The molecule has 0 atom stereocenters. The molecule has 3 aliphatic rings. The average molecular weight is 338 g/mol. The van der Waals surface area contributed by atoms with Gasteiger partial charge in [-0.15, -0.1) is 0 Å². The molecule has 1 aromatic rings. The first kappa shape index (κ1) is 16.3. The summed E-state index contributed by atoms with van der Waals surface area (Å²) in [7, 11) is -3.55. The summed E-state index contributed by atoms with van der Waals surface area (Å²) < 4.78 is 28.1. The molecule has 0 spiro atoms. The highest BCUT2D eigenvalue weighted by Gasteiger charge is 2.54. The lowest BCUT2D eigenvalue weighted by Gasteiger charge is -2.51. The zero-order valence-corrected chi connectivity index (χ0v) is 13.8. The Hall–Kier alpha value is -1.60. The number of rotatable bonds is 4. The number of benzene rings is 1. The number of alkyl carbamates (subject to hydrolysis) is 1. The molecular formula is C16H22N2O4S. The van der Waals surface area contributed by atoms with E-state index in [-0.39, 0.29) is 12.1 Å². The van der Waals surface area contributed by atoms with Crippen LogP contribution in [0, 0.1) is 0 Å². The number of hydrogen-bond donors (Lipinski definition) is 2. The zero-order chi connectivity index (χ0) is 16.6. The van der Waals surface area contributed by atoms with Crippen molar-refractivity contribution in [3.63, 3.8) is 0 Å². The minimum absolute atomic E-state index is 0.226. The Kier molecular flexibility index (Phi) is 4.10. The van der Waals surface area contributed by atoms with E-state index in [0.717, 1.165) is 5.56 Å². The van der Waals surface area contributed by atoms with Crippen LogP contribution in [0.15, 0.2) is 30.3 Å². The van der Waals surface area contributed by atoms with Crippen LogP contribution in [0.3, 0.4) is 0 Å². The topological polar surface area (TPSA) is 98.5 Å². The smallest absolute Gasteiger partial charge is 0.407 e. The van der Waals surface area contributed by atoms with Crippen LogP contribution < -0.4 is 10.5 Å². The molecule has 3 saturated carbocycles. The fraction of sp³-hybridized carbons (Fsp3) is 0.562. The lowest BCUT2D eigenvalue weighted by molar-refractivity contribution is 0.0875. The number of carbonyl (C=O) groups is 1. The van der Waals surface area contributed by atoms with Crippen molar-refractivity contribution in [1.29, 1.82) is 0 Å². The number of hydrogen-bond acceptors (Lipinski definition) is 4. The van der Waals surface area contributed by atoms with Gasteiger partial charge in [0, 0.05) is 5.54 Å². The van der Waals surface area contributed by atoms with Crippen molar-refractivity contribution in [3.05, 3.63) is 35.9 Å². The molecule has 6 nitrogen and oxygen atoms in total. The molecule has 3 N–H and O–H groups in total. The van der Waals surface area contributed by atoms with E-state index in [2.05, 4.69) is 5.32 Å². The minimum atomic E-state index is -3.55. The predicted molar refractivity (Wildman–Crippen MR) is 86.0 cm³/mol. The van der Waals surface area contributed by atoms with Crippen molar-refractivity contribution in [2.75, 3.05) is 0 Å². The maximum atomic E-state index is 12.1. The van der Waals surface area contributed by atoms with Gasteiger partial charge < -0.3 is 10.1 Å². The molecule has 23 heavy (non-hydrogen) atoms. The fourth-order valence-corrected chi connectivity index (χ4v) is 4.90. The second kappa shape index (κ2) is 5.79. The Morgan fingerprint density at radius 2 is 1.65 bits per heavy atom. The highest BCUT2D eigenvalue weighted by Crippen LogP contribution is 2.50. The number of nitrogens with one attached hydrogen (secondary N) is 1. The number of nitrogens with two attached hydrogens (primary N) is 1. The second-order valence-corrected chi connectivity index (χ2v) is 8.65. The lowest BCUT2D eigenvalue weighted by Crippen LogP contribution is -2.61. The Morgan fingerprint density at radius 3 is 2.17 bits per heavy atom. The molecule has 0 unspecified atom stereocenters. The van der Waals surface area contributed by atoms with Gasteiger partial charge in [0.25, 0.3) is 0 Å². The molecule has 1 amide bonds. The van der Waals surface area contributed by atoms with Crippen molar-refractivity contribution in [2.24, 2.45) is 5.14 Å². The summed E-state index contributed by atoms with van der Waals surface area (Å²) >= 11 is 0. The van der Waals surface area contributed by atoms with Gasteiger partial charge in [-0.25, -0.2) is 18.4 Å². The summed E-state index contributed by atoms with van der Waals surface area (Å²) in [5.74, 6) is 0. The number of carbonyl (C=O) groups excluding carboxylic acids is 1. The third-order valence-electron chi connectivity index (χ3n) is 5.36. The van der Waals surface area contributed by atoms with Crippen molar-refractivity contribution in [1.82, 2.24) is 5.32 Å². The Bertz CT molecular complexity index is 663. The average Bonchev–Trinajstić information content (AvgIpc) is 2.54. The summed E-state index contributed by atoms with van der Waals surface area (Å²) in [4.78, 5) is 12.1. The quantitative estimate of drug-likeness (QED) is 0.877. The number of primary sulfonamides is 1. The molecule has 0 radical (unpaired) electrons. The van der Waals surface area contributed by atoms with Gasteiger partial charge in [0.1, 0.15) is 6.61 Å². The molecule has 3 fully saturated rings. The van der Waals surface area contributed by atoms with Gasteiger partial charge in [0.15, 0.2) is 0 Å². The SMILES string of the molecule is NS(=O)(=O)C12CCC(NC(=O)OCc3ccccc3)(CC1)CC2. The summed E-state index contributed by atoms with van der Waals surface area (Å²) in [6, 6.07) is 9.49. The summed E-state index contributed by atoms with van der Waals surface area (Å²) in [6.07, 6.45) is 2.96. The zero-order valence-electron chi connectivity index (χ0n) is 13.0. The molecule has 4 rings (SSSR count). The number of sulfonamides is 1. The molecule has 0 heterocycles. The van der Waals surface area contributed by atoms with E-state index in [9.17, 15) is 13.2 Å². The Morgan fingerprint density at radius 1 is 1.09 bits per heavy atom. The van der Waals surface area contributed by atoms with Gasteiger partial charge in [-0.05, 0) is 44.1 Å². The van der Waals surface area contributed by atoms with Gasteiger partial charge in [0.05, 0.1) is 4.75 Å². The first-order chi connectivity index (χ1) is 10.8. The van der Waals surface area contributed by atoms with Crippen LogP contribution in [0.2, 0.25) is 0 Å². The van der Waals surface area contributed by atoms with E-state index in [1.807, 2.05) is 30.3 Å². The maximum absolute atomic E-state index is 12.1. The van der Waals surface area contributed by atoms with E-state index < -0.39 is 20.9 Å². The van der Waals surface area contributed by atoms with Crippen LogP contribution in [0.25, 0.3) is 0 Å². The Balaban J connectivity index is 1.56. The molecule has 0 aliphatic heterocycles. The van der Waals surface area contributed by atoms with Gasteiger partial charge in [-0.1, -0.05) is 30.3 Å². The van der Waals surface area contributed by atoms with Crippen molar-refractivity contribution in [2.45, 2.75) is 55.4 Å². The minimum Gasteiger partial charge on any atom is -0.445 e. The van der Waals surface area contributed by atoms with Crippen LogP contribution >= 0.6 is 0 Å². The van der Waals surface area contributed by atoms with Crippen molar-refractivity contribution in [3.8, 4) is 0 Å². The van der Waals surface area contributed by atoms with Crippen LogP contribution in [0.5, 0.6) is 0 Å². The predicted octanol–water partition coefficient (Wildman–Crippen LogP) is 2.05. The van der Waals surface area contributed by atoms with Gasteiger partial charge in [-0.2, -0.15) is 0 Å². The van der Waals surface area contributed by atoms with Gasteiger partial charge in [0.2, 0.25) is 10.0 Å². The summed E-state index contributed by atoms with van der Waals surface area (Å²) in [5.41, 5.74) is 0.584. The highest BCUT2D eigenvalue weighted by molar-refractivity contribution is 7.90. The summed E-state index contributed by atoms with van der Waals surface area (Å²) in [6.45, 7) is 0.226. The molecule has 1 aromatic carbocycles. The van der Waals surface area contributed by atoms with Crippen LogP contribution in [0.4, 0.5) is 4.79 Å². The standard InChI is InChI=1S/C16H22N2O4S/c17-23(20,21)16-9-6-15(7-10-16,8-11-16)18-14(19)22-12-13-4-2-1-3-5-13/h1-5H,6-12H2,(H,18,19)(H2,17,20,21). The second-order valence-electron chi connectivity index (χ2n) is 6.70. The van der Waals surface area contributed by atoms with E-state index in [0.29, 0.717) is 38.5 Å². The van der Waals surface area contributed by atoms with Gasteiger partial charge in [-0.3, -0.25) is 0 Å². The third kappa shape index (κ3) is 3.21. The third-order valence-corrected chi connectivity index (χ3v) is 7.18. The van der Waals surface area contributed by atoms with E-state index in [1.165, 1.54) is 0 Å². The molecule has 0 aromatic heterocycles. The van der Waals surface area contributed by atoms with Crippen molar-refractivity contribution >= 4 is 16.1 Å². The fourth-order valence-electron chi connectivity index (χ4n) is 3.74. The monoisotopic (exact) mass is 338 g/mol.